The first-order chi connectivity index (χ1) is 13.9. The van der Waals surface area contributed by atoms with Crippen LogP contribution in [-0.4, -0.2) is 96.9 Å². The lowest BCUT2D eigenvalue weighted by Crippen LogP contribution is -2.53. The van der Waals surface area contributed by atoms with Crippen molar-refractivity contribution in [2.24, 2.45) is 0 Å². The molecule has 10 heteroatoms. The Morgan fingerprint density at radius 1 is 1.10 bits per heavy atom. The number of nitrogens with one attached hydrogen (secondary N) is 2. The van der Waals surface area contributed by atoms with Gasteiger partial charge in [-0.15, -0.1) is 0 Å². The molecule has 1 heterocycles. The van der Waals surface area contributed by atoms with E-state index in [1.54, 1.807) is 29.0 Å². The molecule has 1 aromatic carbocycles. The Kier molecular flexibility index (Phi) is 8.68. The second-order valence-electron chi connectivity index (χ2n) is 6.76. The van der Waals surface area contributed by atoms with Gasteiger partial charge in [-0.2, -0.15) is 0 Å². The monoisotopic (exact) mass is 408 g/mol. The first kappa shape index (κ1) is 22.4. The molecule has 1 atom stereocenters. The van der Waals surface area contributed by atoms with Crippen LogP contribution < -0.4 is 15.4 Å². The highest BCUT2D eigenvalue weighted by atomic mass is 16.5. The van der Waals surface area contributed by atoms with Gasteiger partial charge in [-0.1, -0.05) is 12.1 Å². The van der Waals surface area contributed by atoms with E-state index in [0.29, 0.717) is 51.5 Å². The Morgan fingerprint density at radius 3 is 2.31 bits per heavy atom. The van der Waals surface area contributed by atoms with E-state index in [2.05, 4.69) is 10.6 Å². The topological polar surface area (TPSA) is 131 Å². The number of likely N-dealkylation sites (N-methyl/N-ethyl adjacent to an activating group) is 1. The molecule has 1 aromatic rings. The lowest BCUT2D eigenvalue weighted by atomic mass is 10.1. The van der Waals surface area contributed by atoms with Crippen LogP contribution in [0.3, 0.4) is 0 Å². The van der Waals surface area contributed by atoms with Crippen molar-refractivity contribution < 1.29 is 29.3 Å². The summed E-state index contributed by atoms with van der Waals surface area (Å²) in [6, 6.07) is 6.35. The minimum Gasteiger partial charge on any atom is -0.492 e. The summed E-state index contributed by atoms with van der Waals surface area (Å²) >= 11 is 0. The molecule has 0 aliphatic carbocycles. The van der Waals surface area contributed by atoms with Gasteiger partial charge in [-0.3, -0.25) is 14.5 Å². The van der Waals surface area contributed by atoms with Crippen molar-refractivity contribution in [1.82, 2.24) is 20.4 Å². The quantitative estimate of drug-likeness (QED) is 0.388. The Balaban J connectivity index is 1.65. The number of hydrogen-bond acceptors (Lipinski definition) is 6. The Labute approximate surface area is 169 Å². The number of carboxylic acid groups (broad SMARTS) is 2. The molecular formula is C19H28N4O6. The van der Waals surface area contributed by atoms with Gasteiger partial charge in [0.05, 0.1) is 13.1 Å². The second-order valence-corrected chi connectivity index (χ2v) is 6.76. The average Bonchev–Trinajstić information content (AvgIpc) is 2.70. The maximum Gasteiger partial charge on any atom is 0.321 e. The van der Waals surface area contributed by atoms with Crippen LogP contribution in [0.25, 0.3) is 0 Å². The van der Waals surface area contributed by atoms with Crippen molar-refractivity contribution in [1.29, 1.82) is 0 Å². The van der Waals surface area contributed by atoms with E-state index < -0.39 is 18.0 Å². The van der Waals surface area contributed by atoms with Crippen LogP contribution >= 0.6 is 0 Å². The van der Waals surface area contributed by atoms with Crippen LogP contribution in [0.2, 0.25) is 0 Å². The third-order valence-electron chi connectivity index (χ3n) is 4.68. The number of rotatable bonds is 10. The average molecular weight is 408 g/mol. The number of aliphatic carboxylic acids is 2. The molecule has 4 N–H and O–H groups in total. The van der Waals surface area contributed by atoms with E-state index in [4.69, 9.17) is 14.9 Å². The Hall–Kier alpha value is -2.85. The van der Waals surface area contributed by atoms with Gasteiger partial charge < -0.3 is 30.5 Å². The third-order valence-corrected chi connectivity index (χ3v) is 4.68. The molecule has 29 heavy (non-hydrogen) atoms. The van der Waals surface area contributed by atoms with Crippen molar-refractivity contribution in [2.75, 3.05) is 52.9 Å². The summed E-state index contributed by atoms with van der Waals surface area (Å²) in [4.78, 5) is 37.4. The molecule has 1 fully saturated rings. The van der Waals surface area contributed by atoms with Crippen LogP contribution in [0.4, 0.5) is 4.79 Å². The van der Waals surface area contributed by atoms with Gasteiger partial charge in [0.25, 0.3) is 0 Å². The molecule has 0 aromatic heterocycles. The van der Waals surface area contributed by atoms with Gasteiger partial charge in [-0.25, -0.2) is 4.79 Å². The maximum atomic E-state index is 12.1. The molecule has 160 valence electrons. The molecule has 0 saturated carbocycles. The lowest BCUT2D eigenvalue weighted by Gasteiger charge is -2.33. The molecular weight excluding hydrogens is 380 g/mol. The first-order valence-electron chi connectivity index (χ1n) is 9.47. The minimum atomic E-state index is -0.896. The summed E-state index contributed by atoms with van der Waals surface area (Å²) in [5.41, 5.74) is 0.884. The summed E-state index contributed by atoms with van der Waals surface area (Å²) in [6.45, 7) is 2.71. The lowest BCUT2D eigenvalue weighted by molar-refractivity contribution is -0.140. The molecule has 1 saturated heterocycles. The van der Waals surface area contributed by atoms with Gasteiger partial charge >= 0.3 is 18.0 Å². The molecule has 0 unspecified atom stereocenters. The Morgan fingerprint density at radius 2 is 1.76 bits per heavy atom. The Bertz CT molecular complexity index is 688. The number of carboxylic acids is 2. The summed E-state index contributed by atoms with van der Waals surface area (Å²) < 4.78 is 5.60. The van der Waals surface area contributed by atoms with E-state index in [1.165, 1.54) is 0 Å². The zero-order valence-corrected chi connectivity index (χ0v) is 16.5. The van der Waals surface area contributed by atoms with Gasteiger partial charge in [0.1, 0.15) is 18.4 Å². The molecule has 0 bridgehead atoms. The van der Waals surface area contributed by atoms with Crippen LogP contribution in [0, 0.1) is 0 Å². The van der Waals surface area contributed by atoms with Crippen LogP contribution in [0.5, 0.6) is 5.75 Å². The smallest absolute Gasteiger partial charge is 0.321 e. The number of amides is 2. The molecule has 2 amide bonds. The number of ether oxygens (including phenoxy) is 1. The third kappa shape index (κ3) is 7.59. The van der Waals surface area contributed by atoms with Crippen LogP contribution in [0.15, 0.2) is 24.3 Å². The van der Waals surface area contributed by atoms with Crippen molar-refractivity contribution in [2.45, 2.75) is 12.5 Å². The van der Waals surface area contributed by atoms with Crippen LogP contribution in [-0.2, 0) is 16.0 Å². The summed E-state index contributed by atoms with van der Waals surface area (Å²) in [7, 11) is 1.61. The highest BCUT2D eigenvalue weighted by molar-refractivity contribution is 5.74. The fraction of sp³-hybridized carbons (Fsp3) is 0.526. The second kappa shape index (κ2) is 11.2. The number of piperazine rings is 1. The fourth-order valence-electron chi connectivity index (χ4n) is 3.01. The minimum absolute atomic E-state index is 0.00594. The predicted octanol–water partition coefficient (Wildman–Crippen LogP) is -0.308. The number of nitrogens with zero attached hydrogens (tertiary/aromatic N) is 2. The summed E-state index contributed by atoms with van der Waals surface area (Å²) in [5.74, 6) is -1.12. The van der Waals surface area contributed by atoms with E-state index >= 15 is 0 Å². The van der Waals surface area contributed by atoms with Crippen molar-refractivity contribution in [3.63, 3.8) is 0 Å². The number of carbonyl (C=O) groups is 3. The van der Waals surface area contributed by atoms with E-state index in [0.717, 1.165) is 5.56 Å². The van der Waals surface area contributed by atoms with Gasteiger partial charge in [-0.05, 0) is 31.2 Å². The van der Waals surface area contributed by atoms with E-state index in [-0.39, 0.29) is 12.6 Å². The van der Waals surface area contributed by atoms with E-state index in [9.17, 15) is 14.4 Å². The molecule has 0 spiro atoms. The SMILES string of the molecule is CN[C@@H](Cc1ccc(OCCNC(=O)N2CCN(CC(=O)O)CC2)cc1)C(=O)O. The summed E-state index contributed by atoms with van der Waals surface area (Å²) in [5, 5.41) is 23.4. The maximum absolute atomic E-state index is 12.1. The van der Waals surface area contributed by atoms with Gasteiger partial charge in [0.2, 0.25) is 0 Å². The van der Waals surface area contributed by atoms with Crippen molar-refractivity contribution in [3.8, 4) is 5.75 Å². The fourth-order valence-corrected chi connectivity index (χ4v) is 3.01. The molecule has 1 aliphatic heterocycles. The highest BCUT2D eigenvalue weighted by Gasteiger charge is 2.21. The highest BCUT2D eigenvalue weighted by Crippen LogP contribution is 2.13. The van der Waals surface area contributed by atoms with Gasteiger partial charge in [0.15, 0.2) is 0 Å². The number of urea groups is 1. The van der Waals surface area contributed by atoms with Gasteiger partial charge in [0, 0.05) is 26.2 Å². The first-order valence-corrected chi connectivity index (χ1v) is 9.47. The molecule has 0 radical (unpaired) electrons. The van der Waals surface area contributed by atoms with E-state index in [1.807, 2.05) is 12.1 Å². The summed E-state index contributed by atoms with van der Waals surface area (Å²) in [6.07, 6.45) is 0.377. The zero-order chi connectivity index (χ0) is 21.2. The predicted molar refractivity (Wildman–Crippen MR) is 105 cm³/mol. The normalized spacial score (nSPS) is 15.6. The standard InChI is InChI=1S/C19H28N4O6/c1-20-16(18(26)27)12-14-2-4-15(5-3-14)29-11-6-21-19(28)23-9-7-22(8-10-23)13-17(24)25/h2-5,16,20H,6-13H2,1H3,(H,21,28)(H,24,25)(H,26,27)/t16-/m0/s1. The molecule has 10 nitrogen and oxygen atoms in total. The number of benzene rings is 1. The van der Waals surface area contributed by atoms with Crippen LogP contribution in [0.1, 0.15) is 5.56 Å². The number of carbonyl (C=O) groups excluding carboxylic acids is 1. The number of hydrogen-bond donors (Lipinski definition) is 4. The molecule has 1 aliphatic rings. The van der Waals surface area contributed by atoms with Crippen molar-refractivity contribution >= 4 is 18.0 Å². The van der Waals surface area contributed by atoms with Crippen molar-refractivity contribution in [3.05, 3.63) is 29.8 Å². The zero-order valence-electron chi connectivity index (χ0n) is 16.5. The largest absolute Gasteiger partial charge is 0.492 e. The molecule has 2 rings (SSSR count).